The molecule has 0 aromatic heterocycles. The van der Waals surface area contributed by atoms with Crippen molar-refractivity contribution >= 4 is 34.3 Å². The largest absolute Gasteiger partial charge is 0.508 e. The van der Waals surface area contributed by atoms with Crippen LogP contribution in [0.25, 0.3) is 16.8 Å². The molecule has 4 aliphatic heterocycles. The van der Waals surface area contributed by atoms with Crippen molar-refractivity contribution in [2.45, 2.75) is 127 Å². The van der Waals surface area contributed by atoms with Crippen LogP contribution in [0.2, 0.25) is 0 Å². The second-order valence-corrected chi connectivity index (χ2v) is 22.2. The van der Waals surface area contributed by atoms with Gasteiger partial charge in [0, 0.05) is 66.3 Å². The smallest absolute Gasteiger partial charge is 0.192 e. The van der Waals surface area contributed by atoms with E-state index in [1.165, 1.54) is 31.2 Å². The summed E-state index contributed by atoms with van der Waals surface area (Å²) < 4.78 is 25.3. The Morgan fingerprint density at radius 2 is 1.76 bits per heavy atom. The third-order valence-electron chi connectivity index (χ3n) is 16.9. The summed E-state index contributed by atoms with van der Waals surface area (Å²) in [4.78, 5) is 18.3. The number of allylic oxidation sites excluding steroid dienone is 5. The third-order valence-corrected chi connectivity index (χ3v) is 16.9. The van der Waals surface area contributed by atoms with Gasteiger partial charge < -0.3 is 50.4 Å². The fourth-order valence-electron chi connectivity index (χ4n) is 12.6. The molecular weight excluding hydrogens is 991 g/mol. The van der Waals surface area contributed by atoms with E-state index in [2.05, 4.69) is 77.8 Å². The van der Waals surface area contributed by atoms with E-state index in [4.69, 9.17) is 24.7 Å². The van der Waals surface area contributed by atoms with Gasteiger partial charge in [-0.15, -0.1) is 0 Å². The molecule has 0 spiro atoms. The summed E-state index contributed by atoms with van der Waals surface area (Å²) >= 11 is 0. The molecule has 4 heterocycles. The molecular formula is C67H75N3O9. The zero-order valence-electron chi connectivity index (χ0n) is 45.8. The van der Waals surface area contributed by atoms with Gasteiger partial charge >= 0.3 is 0 Å². The number of nitrogens with two attached hydrogens (primary N) is 1. The summed E-state index contributed by atoms with van der Waals surface area (Å²) in [5.74, 6) is 3.99. The van der Waals surface area contributed by atoms with Gasteiger partial charge in [-0.25, -0.2) is 0 Å². The molecule has 6 atom stereocenters. The molecule has 7 N–H and O–H groups in total. The molecule has 12 nitrogen and oxygen atoms in total. The first-order valence-electron chi connectivity index (χ1n) is 28.4. The maximum Gasteiger partial charge on any atom is 0.192 e. The maximum atomic E-state index is 14.3. The number of ketones is 1. The number of aliphatic imine (C=N–C) groups is 1. The van der Waals surface area contributed by atoms with Crippen LogP contribution in [0.15, 0.2) is 126 Å². The number of phenols is 1. The first kappa shape index (κ1) is 55.0. The number of Topliss-reactive ketones (excluding diaryl/α,β-unsaturated/α-hetero) is 1. The Morgan fingerprint density at radius 1 is 0.937 bits per heavy atom. The molecule has 0 radical (unpaired) electrons. The summed E-state index contributed by atoms with van der Waals surface area (Å²) in [5, 5.41) is 52.0. The number of aliphatic hydroxyl groups is 3. The highest BCUT2D eigenvalue weighted by molar-refractivity contribution is 6.01. The number of guanidine groups is 1. The van der Waals surface area contributed by atoms with Crippen LogP contribution in [0, 0.1) is 29.8 Å². The molecule has 6 unspecified atom stereocenters. The molecule has 5 aromatic carbocycles. The topological polar surface area (TPSA) is 185 Å². The first-order valence-corrected chi connectivity index (χ1v) is 28.4. The highest BCUT2D eigenvalue weighted by atomic mass is 16.5. The van der Waals surface area contributed by atoms with Gasteiger partial charge in [-0.3, -0.25) is 9.79 Å². The fourth-order valence-corrected chi connectivity index (χ4v) is 12.6. The maximum absolute atomic E-state index is 14.3. The number of phenolic OH excluding ortho intramolecular Hbond substituents is 1. The minimum atomic E-state index is -1.91. The van der Waals surface area contributed by atoms with E-state index in [1.807, 2.05) is 60.7 Å². The molecule has 7 aliphatic rings. The molecule has 0 saturated heterocycles. The summed E-state index contributed by atoms with van der Waals surface area (Å²) in [7, 11) is 3.23. The second-order valence-electron chi connectivity index (χ2n) is 22.2. The number of carbonyl (C=O) groups excluding carboxylic acids is 1. The number of nitrogens with zero attached hydrogens (tertiary/aromatic N) is 1. The van der Waals surface area contributed by atoms with Crippen LogP contribution >= 0.6 is 0 Å². The molecule has 79 heavy (non-hydrogen) atoms. The zero-order valence-corrected chi connectivity index (χ0v) is 45.8. The van der Waals surface area contributed by atoms with E-state index in [-0.39, 0.29) is 60.1 Å². The lowest BCUT2D eigenvalue weighted by Gasteiger charge is -2.30. The average Bonchev–Trinajstić information content (AvgIpc) is 4.02. The van der Waals surface area contributed by atoms with E-state index in [0.29, 0.717) is 71.3 Å². The minimum Gasteiger partial charge on any atom is -0.508 e. The van der Waals surface area contributed by atoms with Gasteiger partial charge in [-0.05, 0) is 156 Å². The number of carbonyl (C=O) groups is 1. The number of unbranched alkanes of at least 4 members (excludes halogenated alkanes) is 1. The van der Waals surface area contributed by atoms with Crippen molar-refractivity contribution in [1.29, 1.82) is 0 Å². The third kappa shape index (κ3) is 12.9. The lowest BCUT2D eigenvalue weighted by atomic mass is 9.74. The van der Waals surface area contributed by atoms with E-state index in [1.54, 1.807) is 20.2 Å². The molecule has 1 fully saturated rings. The van der Waals surface area contributed by atoms with E-state index >= 15 is 0 Å². The Balaban J connectivity index is 1.10. The number of ether oxygens (including phenoxy) is 4. The SMILES string of the molecule is CN=C(N)Nc1cccc(CCCCC2C=C3C=CC(c4cccc(CCOCC5CCCC5)c4)C4C#COC(CC(=O)CCc5ccc(OC)c(c5)OCc5c(C(O)O)cc6c4c(O)cc4c6c5C=CC4C)CC2C=C3O)c1. The fraction of sp³-hybridized carbons (Fsp3) is 0.403. The van der Waals surface area contributed by atoms with Crippen molar-refractivity contribution in [2.24, 2.45) is 28.5 Å². The van der Waals surface area contributed by atoms with Gasteiger partial charge in [0.1, 0.15) is 36.1 Å². The number of hydrogen-bond donors (Lipinski definition) is 6. The molecule has 10 bridgehead atoms. The van der Waals surface area contributed by atoms with E-state index < -0.39 is 24.2 Å². The quantitative estimate of drug-likeness (QED) is 0.0204. The molecule has 5 aromatic rings. The van der Waals surface area contributed by atoms with Crippen LogP contribution in [-0.2, 0) is 40.1 Å². The number of rotatable bonds is 14. The summed E-state index contributed by atoms with van der Waals surface area (Å²) in [6.07, 6.45) is 23.2. The van der Waals surface area contributed by atoms with Crippen LogP contribution in [0.1, 0.15) is 145 Å². The number of methoxy groups -OCH3 is 1. The highest BCUT2D eigenvalue weighted by Gasteiger charge is 2.34. The van der Waals surface area contributed by atoms with Gasteiger partial charge in [0.05, 0.1) is 19.6 Å². The predicted octanol–water partition coefficient (Wildman–Crippen LogP) is 12.5. The van der Waals surface area contributed by atoms with Crippen molar-refractivity contribution < 1.29 is 44.2 Å². The monoisotopic (exact) mass is 1070 g/mol. The minimum absolute atomic E-state index is 0.000474. The van der Waals surface area contributed by atoms with Gasteiger partial charge in [-0.2, -0.15) is 0 Å². The van der Waals surface area contributed by atoms with Crippen LogP contribution < -0.4 is 20.5 Å². The Kier molecular flexibility index (Phi) is 17.6. The van der Waals surface area contributed by atoms with Crippen molar-refractivity contribution in [1.82, 2.24) is 0 Å². The predicted molar refractivity (Wildman–Crippen MR) is 311 cm³/mol. The Morgan fingerprint density at radius 3 is 2.57 bits per heavy atom. The van der Waals surface area contributed by atoms with Gasteiger partial charge in [0.15, 0.2) is 23.7 Å². The number of benzene rings is 5. The van der Waals surface area contributed by atoms with E-state index in [0.717, 1.165) is 71.2 Å². The van der Waals surface area contributed by atoms with E-state index in [9.17, 15) is 25.2 Å². The van der Waals surface area contributed by atoms with Crippen LogP contribution in [0.4, 0.5) is 5.69 Å². The molecule has 3 aliphatic carbocycles. The summed E-state index contributed by atoms with van der Waals surface area (Å²) in [5.41, 5.74) is 14.5. The summed E-state index contributed by atoms with van der Waals surface area (Å²) in [6.45, 7) is 3.39. The molecule has 12 heteroatoms. The normalized spacial score (nSPS) is 22.3. The highest BCUT2D eigenvalue weighted by Crippen LogP contribution is 2.49. The number of anilines is 1. The van der Waals surface area contributed by atoms with Crippen molar-refractivity contribution in [2.75, 3.05) is 32.7 Å². The van der Waals surface area contributed by atoms with Crippen LogP contribution in [0.5, 0.6) is 17.2 Å². The van der Waals surface area contributed by atoms with Gasteiger partial charge in [0.25, 0.3) is 0 Å². The molecule has 412 valence electrons. The zero-order chi connectivity index (χ0) is 55.0. The van der Waals surface area contributed by atoms with Crippen molar-refractivity contribution in [3.63, 3.8) is 0 Å². The Labute approximate surface area is 464 Å². The lowest BCUT2D eigenvalue weighted by Crippen LogP contribution is -2.25. The van der Waals surface area contributed by atoms with Crippen LogP contribution in [-0.4, -0.2) is 65.6 Å². The molecule has 12 rings (SSSR count). The van der Waals surface area contributed by atoms with Crippen molar-refractivity contribution in [3.8, 4) is 29.3 Å². The van der Waals surface area contributed by atoms with Gasteiger partial charge in [-0.1, -0.05) is 105 Å². The first-order chi connectivity index (χ1) is 38.4. The van der Waals surface area contributed by atoms with Gasteiger partial charge in [0.2, 0.25) is 0 Å². The Hall–Kier alpha value is -7.30. The Bertz CT molecular complexity index is 3260. The number of fused-ring (bicyclic) bond motifs is 7. The number of aromatic hydroxyl groups is 1. The number of hydrogen-bond acceptors (Lipinski definition) is 10. The molecule has 1 saturated carbocycles. The number of nitrogens with one attached hydrogen (secondary N) is 1. The van der Waals surface area contributed by atoms with Crippen molar-refractivity contribution in [3.05, 3.63) is 171 Å². The lowest BCUT2D eigenvalue weighted by molar-refractivity contribution is -0.121. The number of aliphatic hydroxyl groups excluding tert-OH is 2. The average molecular weight is 1070 g/mol. The van der Waals surface area contributed by atoms with Crippen LogP contribution in [0.3, 0.4) is 0 Å². The molecule has 0 amide bonds. The number of aryl methyl sites for hydroxylation is 2. The second kappa shape index (κ2) is 25.2. The standard InChI is InChI=1S/C67H75N3O9/c1-41-18-23-54-59-40-79-63-32-44(20-25-62(63)76-3)19-22-51(71)36-52-34-49-35-60(72)48(33-46(49)15-7-6-10-42-14-9-17-50(31-42)70-67(68)69-2)21-24-53(47-16-8-13-43(30-47)26-28-77-39-45-11-4-5-12-45)55(27-29-78-52)65-58(37-57(59)66(74)75)64(54)56(41)38-61(65)73/h8-9,13-14,16-18,20-21,23-25,30-33,35,37-38,41,45-46,49,52-53,55,66,72-75H,4-7,10-12,15,19,22,26,28,34,36,39-40H2,1-3H3,(H3,68,69,70). The summed E-state index contributed by atoms with van der Waals surface area (Å²) in [6, 6.07) is 25.8.